The van der Waals surface area contributed by atoms with Gasteiger partial charge in [0.05, 0.1) is 6.61 Å². The fraction of sp³-hybridized carbons (Fsp3) is 0.750. The predicted octanol–water partition coefficient (Wildman–Crippen LogP) is 1.11. The van der Waals surface area contributed by atoms with Crippen LogP contribution >= 0.6 is 23.2 Å². The van der Waals surface area contributed by atoms with Gasteiger partial charge in [-0.15, -0.1) is 0 Å². The summed E-state index contributed by atoms with van der Waals surface area (Å²) in [4.78, 5) is 10.4. The van der Waals surface area contributed by atoms with E-state index in [0.717, 1.165) is 0 Å². The highest BCUT2D eigenvalue weighted by Crippen LogP contribution is 2.31. The molecule has 1 fully saturated rings. The summed E-state index contributed by atoms with van der Waals surface area (Å²) in [6, 6.07) is 0. The molecule has 0 bridgehead atoms. The topological polar surface area (TPSA) is 26.3 Å². The number of cyclic esters (lactones) is 1. The number of esters is 1. The van der Waals surface area contributed by atoms with Gasteiger partial charge in [-0.05, 0) is 0 Å². The minimum absolute atomic E-state index is 0.339. The van der Waals surface area contributed by atoms with Crippen molar-refractivity contribution in [1.82, 2.24) is 0 Å². The first-order chi connectivity index (χ1) is 3.63. The highest BCUT2D eigenvalue weighted by molar-refractivity contribution is 6.57. The zero-order valence-corrected chi connectivity index (χ0v) is 5.50. The number of alkyl halides is 2. The van der Waals surface area contributed by atoms with Gasteiger partial charge in [0.15, 0.2) is 0 Å². The summed E-state index contributed by atoms with van der Waals surface area (Å²) in [5.74, 6) is -0.527. The van der Waals surface area contributed by atoms with Gasteiger partial charge in [0.1, 0.15) is 0 Å². The van der Waals surface area contributed by atoms with Gasteiger partial charge in [0.2, 0.25) is 4.33 Å². The van der Waals surface area contributed by atoms with Crippen LogP contribution in [0.5, 0.6) is 0 Å². The van der Waals surface area contributed by atoms with E-state index in [-0.39, 0.29) is 0 Å². The van der Waals surface area contributed by atoms with Gasteiger partial charge in [-0.1, -0.05) is 23.2 Å². The molecular formula is C4H4Cl2O2. The second kappa shape index (κ2) is 1.78. The van der Waals surface area contributed by atoms with Crippen LogP contribution in [-0.4, -0.2) is 16.9 Å². The zero-order chi connectivity index (χ0) is 6.20. The molecule has 0 aromatic rings. The molecule has 2 nitrogen and oxygen atoms in total. The quantitative estimate of drug-likeness (QED) is 0.386. The van der Waals surface area contributed by atoms with Crippen molar-refractivity contribution in [3.63, 3.8) is 0 Å². The number of carbonyl (C=O) groups is 1. The third kappa shape index (κ3) is 0.906. The van der Waals surface area contributed by atoms with Crippen LogP contribution in [0.3, 0.4) is 0 Å². The molecule has 0 amide bonds. The SMILES string of the molecule is O=C1OCCC1(Cl)Cl. The Kier molecular flexibility index (Phi) is 1.37. The molecule has 0 saturated carbocycles. The van der Waals surface area contributed by atoms with Gasteiger partial charge < -0.3 is 4.74 Å². The maximum atomic E-state index is 10.4. The summed E-state index contributed by atoms with van der Waals surface area (Å²) in [6.07, 6.45) is 0.398. The first kappa shape index (κ1) is 6.17. The first-order valence-electron chi connectivity index (χ1n) is 2.18. The van der Waals surface area contributed by atoms with Gasteiger partial charge in [0, 0.05) is 6.42 Å². The molecule has 0 radical (unpaired) electrons. The second-order valence-corrected chi connectivity index (χ2v) is 3.07. The lowest BCUT2D eigenvalue weighted by molar-refractivity contribution is -0.138. The Hall–Kier alpha value is 0.0500. The summed E-state index contributed by atoms with van der Waals surface area (Å²) in [5.41, 5.74) is 0. The summed E-state index contributed by atoms with van der Waals surface area (Å²) >= 11 is 10.8. The van der Waals surface area contributed by atoms with E-state index in [2.05, 4.69) is 4.74 Å². The van der Waals surface area contributed by atoms with Crippen LogP contribution in [0.2, 0.25) is 0 Å². The number of rotatable bonds is 0. The van der Waals surface area contributed by atoms with E-state index in [1.54, 1.807) is 0 Å². The van der Waals surface area contributed by atoms with E-state index in [4.69, 9.17) is 23.2 Å². The van der Waals surface area contributed by atoms with Crippen molar-refractivity contribution in [2.75, 3.05) is 6.61 Å². The maximum absolute atomic E-state index is 10.4. The lowest BCUT2D eigenvalue weighted by Gasteiger charge is -2.01. The van der Waals surface area contributed by atoms with E-state index < -0.39 is 10.3 Å². The molecule has 0 aliphatic carbocycles. The summed E-state index contributed by atoms with van der Waals surface area (Å²) in [5, 5.41) is 0. The van der Waals surface area contributed by atoms with Crippen LogP contribution in [0.15, 0.2) is 0 Å². The highest BCUT2D eigenvalue weighted by atomic mass is 35.5. The molecule has 1 aliphatic rings. The lowest BCUT2D eigenvalue weighted by atomic mass is 10.4. The van der Waals surface area contributed by atoms with Crippen molar-refractivity contribution in [1.29, 1.82) is 0 Å². The Balaban J connectivity index is 2.68. The van der Waals surface area contributed by atoms with E-state index in [1.807, 2.05) is 0 Å². The molecule has 46 valence electrons. The average Bonchev–Trinajstić information content (AvgIpc) is 1.86. The third-order valence-electron chi connectivity index (χ3n) is 0.948. The van der Waals surface area contributed by atoms with Crippen LogP contribution in [0, 0.1) is 0 Å². The number of hydrogen-bond donors (Lipinski definition) is 0. The maximum Gasteiger partial charge on any atom is 0.342 e. The van der Waals surface area contributed by atoms with Gasteiger partial charge >= 0.3 is 5.97 Å². The molecule has 0 aromatic carbocycles. The van der Waals surface area contributed by atoms with E-state index in [0.29, 0.717) is 13.0 Å². The predicted molar refractivity (Wildman–Crippen MR) is 30.0 cm³/mol. The molecule has 1 saturated heterocycles. The van der Waals surface area contributed by atoms with Gasteiger partial charge in [-0.3, -0.25) is 0 Å². The Bertz CT molecular complexity index is 121. The van der Waals surface area contributed by atoms with Crippen LogP contribution in [0.1, 0.15) is 6.42 Å². The van der Waals surface area contributed by atoms with Crippen LogP contribution in [0.25, 0.3) is 0 Å². The normalized spacial score (nSPS) is 25.5. The monoisotopic (exact) mass is 154 g/mol. The summed E-state index contributed by atoms with van der Waals surface area (Å²) in [6.45, 7) is 0.339. The van der Waals surface area contributed by atoms with Crippen molar-refractivity contribution in [2.24, 2.45) is 0 Å². The molecule has 1 rings (SSSR count). The lowest BCUT2D eigenvalue weighted by Crippen LogP contribution is -2.18. The van der Waals surface area contributed by atoms with Gasteiger partial charge in [-0.25, -0.2) is 4.79 Å². The molecule has 0 unspecified atom stereocenters. The summed E-state index contributed by atoms with van der Waals surface area (Å²) < 4.78 is 3.20. The van der Waals surface area contributed by atoms with Crippen LogP contribution in [-0.2, 0) is 9.53 Å². The molecule has 8 heavy (non-hydrogen) atoms. The fourth-order valence-corrected chi connectivity index (χ4v) is 0.743. The molecule has 1 aliphatic heterocycles. The molecule has 0 N–H and O–H groups in total. The van der Waals surface area contributed by atoms with Crippen LogP contribution in [0.4, 0.5) is 0 Å². The van der Waals surface area contributed by atoms with Crippen LogP contribution < -0.4 is 0 Å². The Labute approximate surface area is 56.7 Å². The van der Waals surface area contributed by atoms with Gasteiger partial charge in [0.25, 0.3) is 0 Å². The smallest absolute Gasteiger partial charge is 0.342 e. The van der Waals surface area contributed by atoms with Crippen molar-refractivity contribution in [3.05, 3.63) is 0 Å². The number of carbonyl (C=O) groups excluding carboxylic acids is 1. The van der Waals surface area contributed by atoms with Crippen molar-refractivity contribution < 1.29 is 9.53 Å². The summed E-state index contributed by atoms with van der Waals surface area (Å²) in [7, 11) is 0. The second-order valence-electron chi connectivity index (χ2n) is 1.59. The number of hydrogen-bond acceptors (Lipinski definition) is 2. The Morgan fingerprint density at radius 2 is 2.25 bits per heavy atom. The molecule has 0 atom stereocenters. The Morgan fingerprint density at radius 1 is 1.62 bits per heavy atom. The van der Waals surface area contributed by atoms with E-state index in [1.165, 1.54) is 0 Å². The molecule has 0 spiro atoms. The van der Waals surface area contributed by atoms with Crippen molar-refractivity contribution in [2.45, 2.75) is 10.8 Å². The van der Waals surface area contributed by atoms with E-state index >= 15 is 0 Å². The minimum atomic E-state index is -1.26. The third-order valence-corrected chi connectivity index (χ3v) is 1.63. The number of ether oxygens (including phenoxy) is 1. The minimum Gasteiger partial charge on any atom is -0.463 e. The molecule has 1 heterocycles. The molecule has 4 heteroatoms. The highest BCUT2D eigenvalue weighted by Gasteiger charge is 2.40. The average molecular weight is 155 g/mol. The van der Waals surface area contributed by atoms with Crippen molar-refractivity contribution in [3.8, 4) is 0 Å². The van der Waals surface area contributed by atoms with E-state index in [9.17, 15) is 4.79 Å². The fourth-order valence-electron chi connectivity index (χ4n) is 0.480. The van der Waals surface area contributed by atoms with Crippen molar-refractivity contribution >= 4 is 29.2 Å². The first-order valence-corrected chi connectivity index (χ1v) is 2.93. The largest absolute Gasteiger partial charge is 0.463 e. The molecule has 0 aromatic heterocycles. The number of halogens is 2. The molecular weight excluding hydrogens is 151 g/mol. The van der Waals surface area contributed by atoms with Gasteiger partial charge in [-0.2, -0.15) is 0 Å². The zero-order valence-electron chi connectivity index (χ0n) is 3.99. The standard InChI is InChI=1S/C4H4Cl2O2/c5-4(6)1-2-8-3(4)7/h1-2H2. The Morgan fingerprint density at radius 3 is 2.38 bits per heavy atom.